The fourth-order valence-electron chi connectivity index (χ4n) is 0.985. The normalized spacial score (nSPS) is 10.9. The quantitative estimate of drug-likeness (QED) is 0.786. The minimum Gasteiger partial charge on any atom is -0.446 e. The van der Waals surface area contributed by atoms with Crippen LogP contribution in [0.5, 0.6) is 0 Å². The van der Waals surface area contributed by atoms with Gasteiger partial charge in [-0.25, -0.2) is 4.79 Å². The zero-order chi connectivity index (χ0) is 11.5. The second-order valence-corrected chi connectivity index (χ2v) is 2.60. The highest BCUT2D eigenvalue weighted by molar-refractivity contribution is 5.85. The van der Waals surface area contributed by atoms with E-state index in [1.54, 1.807) is 0 Å². The Hall–Kier alpha value is -1.72. The van der Waals surface area contributed by atoms with Gasteiger partial charge in [0, 0.05) is 0 Å². The molecule has 0 aliphatic carbocycles. The van der Waals surface area contributed by atoms with Crippen LogP contribution < -0.4 is 5.32 Å². The van der Waals surface area contributed by atoms with Gasteiger partial charge in [-0.15, -0.1) is 0 Å². The fraction of sp³-hybridized carbons (Fsp3) is 0.111. The van der Waals surface area contributed by atoms with E-state index in [2.05, 4.69) is 11.8 Å². The molecule has 1 aromatic carbocycles. The molecule has 15 heavy (non-hydrogen) atoms. The summed E-state index contributed by atoms with van der Waals surface area (Å²) in [6.07, 6.45) is -5.57. The Bertz CT molecular complexity index is 363. The molecule has 1 amide bonds. The molecule has 0 fully saturated rings. The van der Waals surface area contributed by atoms with E-state index in [4.69, 9.17) is 0 Å². The van der Waals surface area contributed by atoms with Gasteiger partial charge in [-0.05, 0) is 12.1 Å². The number of alkyl halides is 3. The first-order chi connectivity index (χ1) is 6.95. The van der Waals surface area contributed by atoms with E-state index in [0.29, 0.717) is 0 Å². The molecule has 1 aromatic rings. The molecular formula is C9H7F3NO2. The van der Waals surface area contributed by atoms with Gasteiger partial charge in [-0.2, -0.15) is 13.2 Å². The first-order valence-electron chi connectivity index (χ1n) is 3.84. The molecule has 1 rings (SSSR count). The number of nitrogens with one attached hydrogen (secondary N) is 1. The first-order valence-corrected chi connectivity index (χ1v) is 3.84. The third-order valence-corrected chi connectivity index (χ3v) is 1.60. The van der Waals surface area contributed by atoms with Crippen LogP contribution in [0.3, 0.4) is 0 Å². The molecule has 0 aromatic heterocycles. The van der Waals surface area contributed by atoms with Crippen LogP contribution in [0.1, 0.15) is 5.56 Å². The molecule has 0 saturated carbocycles. The number of ether oxygens (including phenoxy) is 1. The number of anilines is 1. The van der Waals surface area contributed by atoms with Gasteiger partial charge in [0.15, 0.2) is 0 Å². The summed E-state index contributed by atoms with van der Waals surface area (Å²) >= 11 is 0. The van der Waals surface area contributed by atoms with E-state index < -0.39 is 17.8 Å². The lowest BCUT2D eigenvalue weighted by Gasteiger charge is -2.12. The Morgan fingerprint density at radius 3 is 2.47 bits per heavy atom. The van der Waals surface area contributed by atoms with Crippen LogP contribution in [-0.4, -0.2) is 6.09 Å². The second-order valence-electron chi connectivity index (χ2n) is 2.60. The van der Waals surface area contributed by atoms with Crippen molar-refractivity contribution in [3.05, 3.63) is 36.9 Å². The van der Waals surface area contributed by atoms with Gasteiger partial charge in [0.05, 0.1) is 11.3 Å². The summed E-state index contributed by atoms with van der Waals surface area (Å²) in [5, 5.41) is 1.92. The van der Waals surface area contributed by atoms with Gasteiger partial charge in [-0.3, -0.25) is 5.32 Å². The average Bonchev–Trinajstić information content (AvgIpc) is 2.17. The van der Waals surface area contributed by atoms with Crippen molar-refractivity contribution in [2.75, 3.05) is 5.32 Å². The lowest BCUT2D eigenvalue weighted by molar-refractivity contribution is -0.136. The zero-order valence-corrected chi connectivity index (χ0v) is 7.47. The Morgan fingerprint density at radius 2 is 1.93 bits per heavy atom. The molecule has 0 unspecified atom stereocenters. The second kappa shape index (κ2) is 4.20. The molecule has 6 heteroatoms. The van der Waals surface area contributed by atoms with Crippen molar-refractivity contribution in [3.63, 3.8) is 0 Å². The number of carbonyl (C=O) groups is 1. The average molecular weight is 218 g/mol. The topological polar surface area (TPSA) is 38.3 Å². The predicted molar refractivity (Wildman–Crippen MR) is 46.9 cm³/mol. The maximum Gasteiger partial charge on any atom is 0.418 e. The number of halogens is 3. The van der Waals surface area contributed by atoms with Crippen LogP contribution in [0.2, 0.25) is 0 Å². The summed E-state index contributed by atoms with van der Waals surface area (Å²) < 4.78 is 41.1. The molecule has 3 nitrogen and oxygen atoms in total. The number of amides is 1. The van der Waals surface area contributed by atoms with E-state index in [-0.39, 0.29) is 5.69 Å². The van der Waals surface area contributed by atoms with Crippen molar-refractivity contribution < 1.29 is 22.7 Å². The minimum absolute atomic E-state index is 0.362. The number of benzene rings is 1. The smallest absolute Gasteiger partial charge is 0.418 e. The molecule has 0 bridgehead atoms. The van der Waals surface area contributed by atoms with Gasteiger partial charge >= 0.3 is 12.3 Å². The van der Waals surface area contributed by atoms with Crippen LogP contribution in [0.15, 0.2) is 24.3 Å². The summed E-state index contributed by atoms with van der Waals surface area (Å²) in [5.74, 6) is 0. The summed E-state index contributed by atoms with van der Waals surface area (Å²) in [6, 6.07) is 4.58. The van der Waals surface area contributed by atoms with Crippen molar-refractivity contribution in [3.8, 4) is 0 Å². The number of carbonyl (C=O) groups excluding carboxylic acids is 1. The van der Waals surface area contributed by atoms with Gasteiger partial charge in [0.25, 0.3) is 0 Å². The van der Waals surface area contributed by atoms with E-state index in [1.165, 1.54) is 12.1 Å². The highest BCUT2D eigenvalue weighted by Crippen LogP contribution is 2.34. The Kier molecular flexibility index (Phi) is 3.18. The zero-order valence-electron chi connectivity index (χ0n) is 7.47. The van der Waals surface area contributed by atoms with Crippen molar-refractivity contribution in [1.82, 2.24) is 0 Å². The fourth-order valence-corrected chi connectivity index (χ4v) is 0.985. The summed E-state index contributed by atoms with van der Waals surface area (Å²) in [7, 11) is 2.78. The van der Waals surface area contributed by atoms with Crippen LogP contribution in [0, 0.1) is 7.11 Å². The lowest BCUT2D eigenvalue weighted by Crippen LogP contribution is -2.15. The number of hydrogen-bond acceptors (Lipinski definition) is 2. The van der Waals surface area contributed by atoms with Crippen molar-refractivity contribution in [1.29, 1.82) is 0 Å². The summed E-state index contributed by atoms with van der Waals surface area (Å²) in [6.45, 7) is 0. The van der Waals surface area contributed by atoms with Crippen molar-refractivity contribution >= 4 is 11.8 Å². The Morgan fingerprint density at radius 1 is 1.33 bits per heavy atom. The molecule has 81 valence electrons. The molecule has 0 heterocycles. The minimum atomic E-state index is -4.52. The highest BCUT2D eigenvalue weighted by atomic mass is 19.4. The monoisotopic (exact) mass is 218 g/mol. The molecule has 1 radical (unpaired) electrons. The number of para-hydroxylation sites is 1. The van der Waals surface area contributed by atoms with E-state index in [1.807, 2.05) is 5.32 Å². The lowest BCUT2D eigenvalue weighted by atomic mass is 10.2. The maximum atomic E-state index is 12.4. The third kappa shape index (κ3) is 2.87. The van der Waals surface area contributed by atoms with Gasteiger partial charge in [0.1, 0.15) is 7.11 Å². The van der Waals surface area contributed by atoms with Gasteiger partial charge in [-0.1, -0.05) is 12.1 Å². The van der Waals surface area contributed by atoms with Crippen LogP contribution in [0.4, 0.5) is 23.7 Å². The molecule has 0 saturated heterocycles. The first kappa shape index (κ1) is 11.4. The Balaban J connectivity index is 3.02. The predicted octanol–water partition coefficient (Wildman–Crippen LogP) is 3.05. The standard InChI is InChI=1S/C9H7F3NO2/c1-15-8(14)13-7-5-3-2-4-6(7)9(10,11)12/h2-5H,1H2,(H,13,14). The molecule has 0 aliphatic heterocycles. The molecular weight excluding hydrogens is 211 g/mol. The maximum absolute atomic E-state index is 12.4. The molecule has 0 aliphatic rings. The largest absolute Gasteiger partial charge is 0.446 e. The van der Waals surface area contributed by atoms with Crippen molar-refractivity contribution in [2.45, 2.75) is 6.18 Å². The van der Waals surface area contributed by atoms with Gasteiger partial charge < -0.3 is 4.74 Å². The highest BCUT2D eigenvalue weighted by Gasteiger charge is 2.33. The Labute approximate surface area is 83.8 Å². The van der Waals surface area contributed by atoms with E-state index in [9.17, 15) is 18.0 Å². The van der Waals surface area contributed by atoms with Crippen LogP contribution in [-0.2, 0) is 10.9 Å². The van der Waals surface area contributed by atoms with E-state index in [0.717, 1.165) is 12.1 Å². The SMILES string of the molecule is [CH2]OC(=O)Nc1ccccc1C(F)(F)F. The van der Waals surface area contributed by atoms with Crippen LogP contribution >= 0.6 is 0 Å². The molecule has 1 N–H and O–H groups in total. The summed E-state index contributed by atoms with van der Waals surface area (Å²) in [5.41, 5.74) is -1.30. The molecule has 0 spiro atoms. The summed E-state index contributed by atoms with van der Waals surface area (Å²) in [4.78, 5) is 10.7. The molecule has 0 atom stereocenters. The number of hydrogen-bond donors (Lipinski definition) is 1. The van der Waals surface area contributed by atoms with E-state index >= 15 is 0 Å². The van der Waals surface area contributed by atoms with Gasteiger partial charge in [0.2, 0.25) is 0 Å². The number of rotatable bonds is 1. The van der Waals surface area contributed by atoms with Crippen LogP contribution in [0.25, 0.3) is 0 Å². The third-order valence-electron chi connectivity index (χ3n) is 1.60. The van der Waals surface area contributed by atoms with Crippen molar-refractivity contribution in [2.24, 2.45) is 0 Å².